The van der Waals surface area contributed by atoms with E-state index < -0.39 is 0 Å². The van der Waals surface area contributed by atoms with Gasteiger partial charge in [0, 0.05) is 3.57 Å². The Kier molecular flexibility index (Phi) is 3.61. The van der Waals surface area contributed by atoms with Gasteiger partial charge in [-0.2, -0.15) is 0 Å². The molecule has 0 atom stereocenters. The molecule has 1 amide bonds. The van der Waals surface area contributed by atoms with Crippen molar-refractivity contribution in [3.05, 3.63) is 27.1 Å². The number of nitrogens with zero attached hydrogens (tertiary/aromatic N) is 1. The molecule has 0 saturated carbocycles. The zero-order chi connectivity index (χ0) is 9.84. The molecule has 4 nitrogen and oxygen atoms in total. The molecule has 5 heteroatoms. The minimum absolute atomic E-state index is 0.331. The van der Waals surface area contributed by atoms with Crippen LogP contribution < -0.4 is 5.48 Å². The van der Waals surface area contributed by atoms with Crippen LogP contribution in [0.15, 0.2) is 12.1 Å². The molecular weight excluding hydrogens is 283 g/mol. The standard InChI is InChI=1S/C8H9IN2O2/c1-5-6(9)3-4-7(10-5)8(12)11-13-2/h3-4H,1-2H3,(H,11,12). The third-order valence-corrected chi connectivity index (χ3v) is 2.59. The van der Waals surface area contributed by atoms with Crippen molar-refractivity contribution in [2.24, 2.45) is 0 Å². The Morgan fingerprint density at radius 3 is 2.85 bits per heavy atom. The van der Waals surface area contributed by atoms with E-state index in [0.717, 1.165) is 9.26 Å². The zero-order valence-electron chi connectivity index (χ0n) is 7.30. The monoisotopic (exact) mass is 292 g/mol. The molecule has 1 aromatic heterocycles. The molecule has 0 spiro atoms. The number of pyridine rings is 1. The Balaban J connectivity index is 2.90. The van der Waals surface area contributed by atoms with Crippen LogP contribution >= 0.6 is 22.6 Å². The summed E-state index contributed by atoms with van der Waals surface area (Å²) in [6.45, 7) is 1.85. The lowest BCUT2D eigenvalue weighted by Crippen LogP contribution is -2.23. The Morgan fingerprint density at radius 1 is 1.62 bits per heavy atom. The second kappa shape index (κ2) is 4.52. The normalized spacial score (nSPS) is 9.77. The van der Waals surface area contributed by atoms with Gasteiger partial charge in [0.1, 0.15) is 5.69 Å². The first-order chi connectivity index (χ1) is 6.15. The summed E-state index contributed by atoms with van der Waals surface area (Å²) in [5.74, 6) is -0.331. The number of hydrogen-bond donors (Lipinski definition) is 1. The molecule has 0 saturated heterocycles. The Bertz CT molecular complexity index is 328. The smallest absolute Gasteiger partial charge is 0.277 e. The third-order valence-electron chi connectivity index (χ3n) is 1.45. The highest BCUT2D eigenvalue weighted by Crippen LogP contribution is 2.09. The van der Waals surface area contributed by atoms with Crippen LogP contribution in [-0.2, 0) is 4.84 Å². The summed E-state index contributed by atoms with van der Waals surface area (Å²) >= 11 is 2.16. The van der Waals surface area contributed by atoms with Gasteiger partial charge in [0.2, 0.25) is 0 Å². The highest BCUT2D eigenvalue weighted by Gasteiger charge is 2.07. The minimum Gasteiger partial charge on any atom is -0.277 e. The number of aromatic nitrogens is 1. The van der Waals surface area contributed by atoms with Gasteiger partial charge in [-0.15, -0.1) is 0 Å². The van der Waals surface area contributed by atoms with Crippen LogP contribution in [-0.4, -0.2) is 18.0 Å². The molecule has 0 bridgehead atoms. The molecule has 1 heterocycles. The van der Waals surface area contributed by atoms with Crippen molar-refractivity contribution < 1.29 is 9.63 Å². The van der Waals surface area contributed by atoms with Crippen LogP contribution in [0.5, 0.6) is 0 Å². The third kappa shape index (κ3) is 2.63. The maximum Gasteiger partial charge on any atom is 0.293 e. The molecular formula is C8H9IN2O2. The molecule has 0 radical (unpaired) electrons. The fourth-order valence-electron chi connectivity index (χ4n) is 0.815. The van der Waals surface area contributed by atoms with Gasteiger partial charge in [-0.3, -0.25) is 9.63 Å². The van der Waals surface area contributed by atoms with E-state index in [2.05, 4.69) is 37.9 Å². The molecule has 1 N–H and O–H groups in total. The van der Waals surface area contributed by atoms with Crippen LogP contribution in [0, 0.1) is 10.5 Å². The number of aryl methyl sites for hydroxylation is 1. The van der Waals surface area contributed by atoms with Crippen molar-refractivity contribution in [3.8, 4) is 0 Å². The Morgan fingerprint density at radius 2 is 2.31 bits per heavy atom. The molecule has 0 aliphatic carbocycles. The van der Waals surface area contributed by atoms with Crippen molar-refractivity contribution >= 4 is 28.5 Å². The van der Waals surface area contributed by atoms with Crippen molar-refractivity contribution in [1.29, 1.82) is 0 Å². The molecule has 13 heavy (non-hydrogen) atoms. The van der Waals surface area contributed by atoms with E-state index in [-0.39, 0.29) is 5.91 Å². The maximum atomic E-state index is 11.2. The Labute approximate surface area is 89.8 Å². The lowest BCUT2D eigenvalue weighted by molar-refractivity contribution is 0.0532. The molecule has 1 aromatic rings. The van der Waals surface area contributed by atoms with Gasteiger partial charge in [-0.1, -0.05) is 0 Å². The van der Waals surface area contributed by atoms with Crippen molar-refractivity contribution in [2.45, 2.75) is 6.92 Å². The number of hydroxylamine groups is 1. The molecule has 0 fully saturated rings. The number of carbonyl (C=O) groups is 1. The lowest BCUT2D eigenvalue weighted by atomic mass is 10.3. The first kappa shape index (κ1) is 10.4. The average Bonchev–Trinajstić information content (AvgIpc) is 2.10. The quantitative estimate of drug-likeness (QED) is 0.660. The van der Waals surface area contributed by atoms with E-state index in [1.54, 1.807) is 6.07 Å². The van der Waals surface area contributed by atoms with E-state index in [9.17, 15) is 4.79 Å². The highest BCUT2D eigenvalue weighted by atomic mass is 127. The van der Waals surface area contributed by atoms with Gasteiger partial charge < -0.3 is 0 Å². The predicted molar refractivity (Wildman–Crippen MR) is 56.2 cm³/mol. The fraction of sp³-hybridized carbons (Fsp3) is 0.250. The summed E-state index contributed by atoms with van der Waals surface area (Å²) in [6.07, 6.45) is 0. The zero-order valence-corrected chi connectivity index (χ0v) is 9.45. The number of hydrogen-bond acceptors (Lipinski definition) is 3. The highest BCUT2D eigenvalue weighted by molar-refractivity contribution is 14.1. The molecule has 0 aliphatic rings. The maximum absolute atomic E-state index is 11.2. The predicted octanol–water partition coefficient (Wildman–Crippen LogP) is 1.29. The van der Waals surface area contributed by atoms with E-state index in [1.165, 1.54) is 7.11 Å². The second-order valence-corrected chi connectivity index (χ2v) is 3.56. The van der Waals surface area contributed by atoms with Gasteiger partial charge in [0.25, 0.3) is 5.91 Å². The topological polar surface area (TPSA) is 51.2 Å². The molecule has 0 aromatic carbocycles. The summed E-state index contributed by atoms with van der Waals surface area (Å²) in [7, 11) is 1.39. The van der Waals surface area contributed by atoms with E-state index in [4.69, 9.17) is 0 Å². The lowest BCUT2D eigenvalue weighted by Gasteiger charge is -2.02. The van der Waals surface area contributed by atoms with E-state index in [1.807, 2.05) is 13.0 Å². The second-order valence-electron chi connectivity index (χ2n) is 2.40. The van der Waals surface area contributed by atoms with Gasteiger partial charge in [-0.25, -0.2) is 10.5 Å². The molecule has 0 unspecified atom stereocenters. The number of rotatable bonds is 2. The molecule has 0 aliphatic heterocycles. The summed E-state index contributed by atoms with van der Waals surface area (Å²) in [5, 5.41) is 0. The van der Waals surface area contributed by atoms with E-state index in [0.29, 0.717) is 5.69 Å². The number of halogens is 1. The van der Waals surface area contributed by atoms with Crippen molar-refractivity contribution in [2.75, 3.05) is 7.11 Å². The summed E-state index contributed by atoms with van der Waals surface area (Å²) in [5.41, 5.74) is 3.40. The molecule has 1 rings (SSSR count). The van der Waals surface area contributed by atoms with E-state index >= 15 is 0 Å². The van der Waals surface area contributed by atoms with Crippen LogP contribution in [0.4, 0.5) is 0 Å². The van der Waals surface area contributed by atoms with Gasteiger partial charge in [0.05, 0.1) is 12.8 Å². The van der Waals surface area contributed by atoms with Crippen molar-refractivity contribution in [1.82, 2.24) is 10.5 Å². The first-order valence-electron chi connectivity index (χ1n) is 3.61. The SMILES string of the molecule is CONC(=O)c1ccc(I)c(C)n1. The van der Waals surface area contributed by atoms with Gasteiger partial charge in [-0.05, 0) is 41.6 Å². The average molecular weight is 292 g/mol. The van der Waals surface area contributed by atoms with Gasteiger partial charge in [0.15, 0.2) is 0 Å². The molecule has 70 valence electrons. The van der Waals surface area contributed by atoms with Crippen LogP contribution in [0.25, 0.3) is 0 Å². The number of nitrogens with one attached hydrogen (secondary N) is 1. The van der Waals surface area contributed by atoms with Crippen molar-refractivity contribution in [3.63, 3.8) is 0 Å². The van der Waals surface area contributed by atoms with Crippen LogP contribution in [0.1, 0.15) is 16.2 Å². The fourth-order valence-corrected chi connectivity index (χ4v) is 1.12. The number of amides is 1. The number of carbonyl (C=O) groups excluding carboxylic acids is 1. The largest absolute Gasteiger partial charge is 0.293 e. The minimum atomic E-state index is -0.331. The first-order valence-corrected chi connectivity index (χ1v) is 4.69. The summed E-state index contributed by atoms with van der Waals surface area (Å²) in [4.78, 5) is 19.8. The van der Waals surface area contributed by atoms with Gasteiger partial charge >= 0.3 is 0 Å². The Hall–Kier alpha value is -0.690. The van der Waals surface area contributed by atoms with Crippen LogP contribution in [0.2, 0.25) is 0 Å². The summed E-state index contributed by atoms with van der Waals surface area (Å²) < 4.78 is 1.03. The summed E-state index contributed by atoms with van der Waals surface area (Å²) in [6, 6.07) is 3.50. The van der Waals surface area contributed by atoms with Crippen LogP contribution in [0.3, 0.4) is 0 Å².